The van der Waals surface area contributed by atoms with Gasteiger partial charge in [-0.2, -0.15) is 0 Å². The smallest absolute Gasteiger partial charge is 0.327 e. The Balaban J connectivity index is 2.58. The van der Waals surface area contributed by atoms with Crippen molar-refractivity contribution < 1.29 is 9.53 Å². The fourth-order valence-electron chi connectivity index (χ4n) is 2.51. The Labute approximate surface area is 104 Å². The highest BCUT2D eigenvalue weighted by atomic mass is 16.5. The van der Waals surface area contributed by atoms with Crippen molar-refractivity contribution in [2.45, 2.75) is 58.0 Å². The second-order valence-electron chi connectivity index (χ2n) is 5.17. The number of ether oxygens (including phenoxy) is 1. The van der Waals surface area contributed by atoms with E-state index in [0.717, 1.165) is 13.0 Å². The van der Waals surface area contributed by atoms with E-state index in [1.54, 1.807) is 6.92 Å². The van der Waals surface area contributed by atoms with Gasteiger partial charge in [0, 0.05) is 12.6 Å². The molecule has 1 heterocycles. The SMILES string of the molecule is CCOC(=O)C(C)(N)CN1CCCCC1CC. The molecule has 0 aliphatic carbocycles. The second-order valence-corrected chi connectivity index (χ2v) is 5.17. The van der Waals surface area contributed by atoms with Crippen LogP contribution in [0.15, 0.2) is 0 Å². The lowest BCUT2D eigenvalue weighted by atomic mass is 9.96. The topological polar surface area (TPSA) is 55.6 Å². The van der Waals surface area contributed by atoms with Crippen molar-refractivity contribution in [1.29, 1.82) is 0 Å². The van der Waals surface area contributed by atoms with E-state index in [2.05, 4.69) is 11.8 Å². The quantitative estimate of drug-likeness (QED) is 0.743. The van der Waals surface area contributed by atoms with Crippen molar-refractivity contribution in [2.24, 2.45) is 5.73 Å². The third kappa shape index (κ3) is 3.96. The van der Waals surface area contributed by atoms with Crippen LogP contribution in [0.4, 0.5) is 0 Å². The molecule has 0 aromatic rings. The highest BCUT2D eigenvalue weighted by Crippen LogP contribution is 2.21. The van der Waals surface area contributed by atoms with Crippen molar-refractivity contribution in [3.63, 3.8) is 0 Å². The summed E-state index contributed by atoms with van der Waals surface area (Å²) in [7, 11) is 0. The molecule has 2 atom stereocenters. The number of nitrogens with two attached hydrogens (primary N) is 1. The van der Waals surface area contributed by atoms with Crippen LogP contribution in [0.5, 0.6) is 0 Å². The van der Waals surface area contributed by atoms with Crippen molar-refractivity contribution in [3.05, 3.63) is 0 Å². The molecule has 1 saturated heterocycles. The normalized spacial score (nSPS) is 25.3. The first-order chi connectivity index (χ1) is 8.01. The molecular formula is C13H26N2O2. The zero-order chi connectivity index (χ0) is 12.9. The molecule has 0 saturated carbocycles. The van der Waals surface area contributed by atoms with Crippen LogP contribution >= 0.6 is 0 Å². The van der Waals surface area contributed by atoms with E-state index in [1.165, 1.54) is 19.3 Å². The lowest BCUT2D eigenvalue weighted by Gasteiger charge is -2.39. The first-order valence-electron chi connectivity index (χ1n) is 6.71. The van der Waals surface area contributed by atoms with Gasteiger partial charge in [0.2, 0.25) is 0 Å². The molecule has 2 N–H and O–H groups in total. The van der Waals surface area contributed by atoms with E-state index < -0.39 is 5.54 Å². The molecule has 0 aromatic carbocycles. The molecular weight excluding hydrogens is 216 g/mol. The van der Waals surface area contributed by atoms with Crippen LogP contribution in [0.2, 0.25) is 0 Å². The van der Waals surface area contributed by atoms with Gasteiger partial charge < -0.3 is 10.5 Å². The van der Waals surface area contributed by atoms with Gasteiger partial charge in [0.15, 0.2) is 0 Å². The number of carbonyl (C=O) groups excluding carboxylic acids is 1. The summed E-state index contributed by atoms with van der Waals surface area (Å²) in [6.45, 7) is 7.81. The maximum absolute atomic E-state index is 11.8. The molecule has 17 heavy (non-hydrogen) atoms. The third-order valence-electron chi connectivity index (χ3n) is 3.49. The Morgan fingerprint density at radius 3 is 2.76 bits per heavy atom. The summed E-state index contributed by atoms with van der Waals surface area (Å²) in [5.41, 5.74) is 5.19. The van der Waals surface area contributed by atoms with Crippen LogP contribution in [0.1, 0.15) is 46.5 Å². The molecule has 1 fully saturated rings. The summed E-state index contributed by atoms with van der Waals surface area (Å²) >= 11 is 0. The van der Waals surface area contributed by atoms with E-state index in [0.29, 0.717) is 19.2 Å². The number of piperidine rings is 1. The number of esters is 1. The summed E-state index contributed by atoms with van der Waals surface area (Å²) in [6.07, 6.45) is 4.83. The van der Waals surface area contributed by atoms with Gasteiger partial charge in [-0.3, -0.25) is 9.69 Å². The monoisotopic (exact) mass is 242 g/mol. The van der Waals surface area contributed by atoms with Crippen LogP contribution < -0.4 is 5.73 Å². The van der Waals surface area contributed by atoms with Crippen molar-refractivity contribution in [1.82, 2.24) is 4.90 Å². The Bertz CT molecular complexity index is 254. The zero-order valence-corrected chi connectivity index (χ0v) is 11.4. The van der Waals surface area contributed by atoms with Gasteiger partial charge in [0.1, 0.15) is 5.54 Å². The molecule has 2 unspecified atom stereocenters. The highest BCUT2D eigenvalue weighted by molar-refractivity contribution is 5.80. The Hall–Kier alpha value is -0.610. The fraction of sp³-hybridized carbons (Fsp3) is 0.923. The highest BCUT2D eigenvalue weighted by Gasteiger charge is 2.34. The van der Waals surface area contributed by atoms with Gasteiger partial charge in [-0.15, -0.1) is 0 Å². The van der Waals surface area contributed by atoms with Gasteiger partial charge in [0.05, 0.1) is 6.61 Å². The van der Waals surface area contributed by atoms with E-state index in [9.17, 15) is 4.79 Å². The van der Waals surface area contributed by atoms with Gasteiger partial charge in [-0.25, -0.2) is 0 Å². The minimum atomic E-state index is -0.888. The molecule has 0 amide bonds. The molecule has 1 rings (SSSR count). The van der Waals surface area contributed by atoms with Crippen LogP contribution in [0.3, 0.4) is 0 Å². The van der Waals surface area contributed by atoms with Gasteiger partial charge >= 0.3 is 5.97 Å². The average molecular weight is 242 g/mol. The van der Waals surface area contributed by atoms with E-state index in [-0.39, 0.29) is 5.97 Å². The first-order valence-corrected chi connectivity index (χ1v) is 6.71. The molecule has 1 aliphatic rings. The van der Waals surface area contributed by atoms with E-state index >= 15 is 0 Å². The summed E-state index contributed by atoms with van der Waals surface area (Å²) < 4.78 is 5.03. The molecule has 4 heteroatoms. The predicted octanol–water partition coefficient (Wildman–Crippen LogP) is 1.53. The maximum Gasteiger partial charge on any atom is 0.327 e. The van der Waals surface area contributed by atoms with Crippen LogP contribution in [-0.4, -0.2) is 42.1 Å². The number of hydrogen-bond acceptors (Lipinski definition) is 4. The predicted molar refractivity (Wildman–Crippen MR) is 68.7 cm³/mol. The minimum Gasteiger partial charge on any atom is -0.465 e. The number of likely N-dealkylation sites (tertiary alicyclic amines) is 1. The second kappa shape index (κ2) is 6.36. The fourth-order valence-corrected chi connectivity index (χ4v) is 2.51. The Kier molecular flexibility index (Phi) is 5.40. The molecule has 0 bridgehead atoms. The standard InChI is InChI=1S/C13H26N2O2/c1-4-11-8-6-7-9-15(11)10-13(3,14)12(16)17-5-2/h11H,4-10,14H2,1-3H3. The third-order valence-corrected chi connectivity index (χ3v) is 3.49. The Morgan fingerprint density at radius 1 is 1.47 bits per heavy atom. The summed E-state index contributed by atoms with van der Waals surface area (Å²) in [6, 6.07) is 0.570. The molecule has 1 aliphatic heterocycles. The molecule has 4 nitrogen and oxygen atoms in total. The van der Waals surface area contributed by atoms with E-state index in [1.807, 2.05) is 6.92 Å². The van der Waals surface area contributed by atoms with Crippen molar-refractivity contribution >= 4 is 5.97 Å². The largest absolute Gasteiger partial charge is 0.465 e. The lowest BCUT2D eigenvalue weighted by Crippen LogP contribution is -2.57. The lowest BCUT2D eigenvalue weighted by molar-refractivity contribution is -0.150. The van der Waals surface area contributed by atoms with Crippen LogP contribution in [0, 0.1) is 0 Å². The van der Waals surface area contributed by atoms with Crippen LogP contribution in [-0.2, 0) is 9.53 Å². The van der Waals surface area contributed by atoms with Crippen molar-refractivity contribution in [2.75, 3.05) is 19.7 Å². The Morgan fingerprint density at radius 2 is 2.18 bits per heavy atom. The maximum atomic E-state index is 11.8. The molecule has 0 radical (unpaired) electrons. The number of rotatable bonds is 5. The average Bonchev–Trinajstić information content (AvgIpc) is 2.29. The number of carbonyl (C=O) groups is 1. The molecule has 0 spiro atoms. The van der Waals surface area contributed by atoms with Crippen molar-refractivity contribution in [3.8, 4) is 0 Å². The summed E-state index contributed by atoms with van der Waals surface area (Å²) in [4.78, 5) is 14.1. The van der Waals surface area contributed by atoms with E-state index in [4.69, 9.17) is 10.5 Å². The van der Waals surface area contributed by atoms with Gasteiger partial charge in [-0.1, -0.05) is 13.3 Å². The summed E-state index contributed by atoms with van der Waals surface area (Å²) in [5.74, 6) is -0.291. The molecule has 0 aromatic heterocycles. The summed E-state index contributed by atoms with van der Waals surface area (Å²) in [5, 5.41) is 0. The zero-order valence-electron chi connectivity index (χ0n) is 11.4. The van der Waals surface area contributed by atoms with Gasteiger partial charge in [-0.05, 0) is 39.7 Å². The van der Waals surface area contributed by atoms with Crippen LogP contribution in [0.25, 0.3) is 0 Å². The molecule has 100 valence electrons. The minimum absolute atomic E-state index is 0.291. The van der Waals surface area contributed by atoms with Gasteiger partial charge in [0.25, 0.3) is 0 Å². The number of nitrogens with zero attached hydrogens (tertiary/aromatic N) is 1. The number of hydrogen-bond donors (Lipinski definition) is 1. The first kappa shape index (κ1) is 14.5.